The Hall–Kier alpha value is -1.07. The van der Waals surface area contributed by atoms with Crippen LogP contribution in [0.5, 0.6) is 0 Å². The number of rotatable bonds is 5. The molecule has 1 saturated heterocycles. The van der Waals surface area contributed by atoms with Gasteiger partial charge in [0.2, 0.25) is 5.95 Å². The number of aromatic nitrogens is 2. The minimum absolute atomic E-state index is 0.216. The van der Waals surface area contributed by atoms with Crippen molar-refractivity contribution in [3.8, 4) is 0 Å². The molecule has 1 aromatic rings. The fraction of sp³-hybridized carbons (Fsp3) is 0.692. The Kier molecular flexibility index (Phi) is 5.22. The minimum Gasteiger partial charge on any atom is -0.376 e. The normalized spacial score (nSPS) is 19.4. The summed E-state index contributed by atoms with van der Waals surface area (Å²) < 4.78 is 5.79. The van der Waals surface area contributed by atoms with Crippen LogP contribution in [-0.2, 0) is 4.74 Å². The zero-order valence-corrected chi connectivity index (χ0v) is 12.1. The van der Waals surface area contributed by atoms with Gasteiger partial charge in [0.15, 0.2) is 0 Å². The van der Waals surface area contributed by atoms with E-state index in [1.165, 1.54) is 6.42 Å². The largest absolute Gasteiger partial charge is 0.376 e. The number of nitrogen functional groups attached to an aromatic ring is 1. The summed E-state index contributed by atoms with van der Waals surface area (Å²) in [5.74, 6) is 1.00. The number of nitrogens with two attached hydrogens (primary N) is 1. The third kappa shape index (κ3) is 4.21. The Bertz CT molecular complexity index is 389. The summed E-state index contributed by atoms with van der Waals surface area (Å²) in [6, 6.07) is 1.76. The van der Waals surface area contributed by atoms with E-state index in [-0.39, 0.29) is 12.1 Å². The lowest BCUT2D eigenvalue weighted by Gasteiger charge is -2.30. The van der Waals surface area contributed by atoms with E-state index >= 15 is 0 Å². The Balaban J connectivity index is 2.09. The standard InChI is InChI=1S/C13H21ClN4O/c1-2-6-18(9-10-5-3-4-7-19-10)12-8-11(14)16-13(15)17-12/h8,10H,2-7,9H2,1H3,(H2,15,16,17). The monoisotopic (exact) mass is 284 g/mol. The molecule has 0 bridgehead atoms. The van der Waals surface area contributed by atoms with Gasteiger partial charge in [-0.05, 0) is 25.7 Å². The van der Waals surface area contributed by atoms with Crippen molar-refractivity contribution in [2.45, 2.75) is 38.7 Å². The van der Waals surface area contributed by atoms with Gasteiger partial charge in [0.05, 0.1) is 6.10 Å². The predicted molar refractivity (Wildman–Crippen MR) is 77.5 cm³/mol. The lowest BCUT2D eigenvalue weighted by molar-refractivity contribution is 0.0209. The summed E-state index contributed by atoms with van der Waals surface area (Å²) in [6.07, 6.45) is 4.81. The maximum absolute atomic E-state index is 5.95. The van der Waals surface area contributed by atoms with Gasteiger partial charge in [0, 0.05) is 25.8 Å². The smallest absolute Gasteiger partial charge is 0.223 e. The van der Waals surface area contributed by atoms with Crippen LogP contribution in [0.1, 0.15) is 32.6 Å². The molecule has 0 amide bonds. The van der Waals surface area contributed by atoms with Gasteiger partial charge in [-0.25, -0.2) is 4.98 Å². The number of nitrogens with zero attached hydrogens (tertiary/aromatic N) is 3. The van der Waals surface area contributed by atoms with Crippen LogP contribution < -0.4 is 10.6 Å². The molecule has 19 heavy (non-hydrogen) atoms. The van der Waals surface area contributed by atoms with Crippen molar-refractivity contribution in [2.24, 2.45) is 0 Å². The van der Waals surface area contributed by atoms with E-state index in [1.54, 1.807) is 6.07 Å². The number of hydrogen-bond acceptors (Lipinski definition) is 5. The zero-order valence-electron chi connectivity index (χ0n) is 11.3. The molecule has 0 radical (unpaired) electrons. The average molecular weight is 285 g/mol. The van der Waals surface area contributed by atoms with E-state index in [4.69, 9.17) is 22.1 Å². The summed E-state index contributed by atoms with van der Waals surface area (Å²) in [5.41, 5.74) is 5.66. The van der Waals surface area contributed by atoms with Crippen molar-refractivity contribution in [3.63, 3.8) is 0 Å². The second kappa shape index (κ2) is 6.91. The third-order valence-electron chi connectivity index (χ3n) is 3.21. The molecule has 1 aliphatic rings. The van der Waals surface area contributed by atoms with E-state index in [1.807, 2.05) is 0 Å². The van der Waals surface area contributed by atoms with Gasteiger partial charge in [-0.3, -0.25) is 0 Å². The molecule has 2 rings (SSSR count). The average Bonchev–Trinajstić information content (AvgIpc) is 2.38. The van der Waals surface area contributed by atoms with Crippen molar-refractivity contribution < 1.29 is 4.74 Å². The van der Waals surface area contributed by atoms with Gasteiger partial charge >= 0.3 is 0 Å². The van der Waals surface area contributed by atoms with Crippen LogP contribution in [0.25, 0.3) is 0 Å². The molecular weight excluding hydrogens is 264 g/mol. The lowest BCUT2D eigenvalue weighted by atomic mass is 10.1. The van der Waals surface area contributed by atoms with Crippen molar-refractivity contribution >= 4 is 23.4 Å². The summed E-state index contributed by atoms with van der Waals surface area (Å²) in [6.45, 7) is 4.74. The highest BCUT2D eigenvalue weighted by molar-refractivity contribution is 6.29. The van der Waals surface area contributed by atoms with Gasteiger partial charge < -0.3 is 15.4 Å². The quantitative estimate of drug-likeness (QED) is 0.842. The first kappa shape index (κ1) is 14.3. The van der Waals surface area contributed by atoms with E-state index in [0.29, 0.717) is 5.15 Å². The summed E-state index contributed by atoms with van der Waals surface area (Å²) >= 11 is 5.95. The first-order chi connectivity index (χ1) is 9.19. The Morgan fingerprint density at radius 2 is 2.32 bits per heavy atom. The minimum atomic E-state index is 0.216. The highest BCUT2D eigenvalue weighted by Gasteiger charge is 2.19. The molecule has 1 atom stereocenters. The molecule has 1 aliphatic heterocycles. The van der Waals surface area contributed by atoms with Crippen LogP contribution in [0.2, 0.25) is 5.15 Å². The highest BCUT2D eigenvalue weighted by Crippen LogP contribution is 2.20. The third-order valence-corrected chi connectivity index (χ3v) is 3.41. The van der Waals surface area contributed by atoms with Crippen LogP contribution in [0.15, 0.2) is 6.07 Å². The second-order valence-corrected chi connectivity index (χ2v) is 5.23. The molecule has 1 aromatic heterocycles. The molecule has 1 unspecified atom stereocenters. The van der Waals surface area contributed by atoms with Gasteiger partial charge in [0.1, 0.15) is 11.0 Å². The van der Waals surface area contributed by atoms with E-state index in [9.17, 15) is 0 Å². The van der Waals surface area contributed by atoms with E-state index in [2.05, 4.69) is 21.8 Å². The maximum Gasteiger partial charge on any atom is 0.223 e. The number of ether oxygens (including phenoxy) is 1. The zero-order chi connectivity index (χ0) is 13.7. The van der Waals surface area contributed by atoms with Gasteiger partial charge in [-0.1, -0.05) is 18.5 Å². The Morgan fingerprint density at radius 1 is 1.47 bits per heavy atom. The summed E-state index contributed by atoms with van der Waals surface area (Å²) in [4.78, 5) is 10.3. The van der Waals surface area contributed by atoms with Gasteiger partial charge in [0.25, 0.3) is 0 Å². The topological polar surface area (TPSA) is 64.3 Å². The number of anilines is 2. The SMILES string of the molecule is CCCN(CC1CCCCO1)c1cc(Cl)nc(N)n1. The van der Waals surface area contributed by atoms with Crippen LogP contribution >= 0.6 is 11.6 Å². The van der Waals surface area contributed by atoms with E-state index < -0.39 is 0 Å². The molecule has 0 saturated carbocycles. The molecule has 2 heterocycles. The molecule has 6 heteroatoms. The van der Waals surface area contributed by atoms with Gasteiger partial charge in [-0.15, -0.1) is 0 Å². The number of hydrogen-bond donors (Lipinski definition) is 1. The molecule has 0 aromatic carbocycles. The Labute approximate surface area is 119 Å². The summed E-state index contributed by atoms with van der Waals surface area (Å²) in [7, 11) is 0. The van der Waals surface area contributed by atoms with Crippen molar-refractivity contribution in [1.82, 2.24) is 9.97 Å². The van der Waals surface area contributed by atoms with Crippen LogP contribution in [0, 0.1) is 0 Å². The van der Waals surface area contributed by atoms with Crippen molar-refractivity contribution in [1.29, 1.82) is 0 Å². The Morgan fingerprint density at radius 3 is 2.95 bits per heavy atom. The van der Waals surface area contributed by atoms with E-state index in [0.717, 1.165) is 44.8 Å². The molecular formula is C13H21ClN4O. The number of halogens is 1. The van der Waals surface area contributed by atoms with Crippen molar-refractivity contribution in [2.75, 3.05) is 30.3 Å². The molecule has 1 fully saturated rings. The molecule has 0 aliphatic carbocycles. The first-order valence-electron chi connectivity index (χ1n) is 6.85. The highest BCUT2D eigenvalue weighted by atomic mass is 35.5. The van der Waals surface area contributed by atoms with Gasteiger partial charge in [-0.2, -0.15) is 4.98 Å². The van der Waals surface area contributed by atoms with Crippen LogP contribution in [0.4, 0.5) is 11.8 Å². The first-order valence-corrected chi connectivity index (χ1v) is 7.23. The van der Waals surface area contributed by atoms with Crippen LogP contribution in [0.3, 0.4) is 0 Å². The molecule has 106 valence electrons. The van der Waals surface area contributed by atoms with Crippen molar-refractivity contribution in [3.05, 3.63) is 11.2 Å². The molecule has 2 N–H and O–H groups in total. The lowest BCUT2D eigenvalue weighted by Crippen LogP contribution is -2.37. The fourth-order valence-electron chi connectivity index (χ4n) is 2.35. The maximum atomic E-state index is 5.95. The summed E-state index contributed by atoms with van der Waals surface area (Å²) in [5, 5.41) is 0.383. The van der Waals surface area contributed by atoms with Crippen LogP contribution in [-0.4, -0.2) is 35.8 Å². The molecule has 5 nitrogen and oxygen atoms in total. The second-order valence-electron chi connectivity index (χ2n) is 4.84. The molecule has 0 spiro atoms. The fourth-order valence-corrected chi connectivity index (χ4v) is 2.54. The predicted octanol–water partition coefficient (Wildman–Crippen LogP) is 2.50.